The molecule has 10 heteroatoms. The third-order valence-electron chi connectivity index (χ3n) is 4.66. The van der Waals surface area contributed by atoms with Gasteiger partial charge in [0.1, 0.15) is 0 Å². The van der Waals surface area contributed by atoms with Gasteiger partial charge in [0.25, 0.3) is 0 Å². The van der Waals surface area contributed by atoms with Gasteiger partial charge in [0.05, 0.1) is 9.79 Å². The molecule has 6 nitrogen and oxygen atoms in total. The molecule has 0 radical (unpaired) electrons. The molecule has 0 saturated heterocycles. The molecule has 1 saturated carbocycles. The molecule has 0 aromatic heterocycles. The number of nitrogens with one attached hydrogen (secondary N) is 1. The molecule has 0 spiro atoms. The minimum atomic E-state index is -4.08. The van der Waals surface area contributed by atoms with Crippen molar-refractivity contribution in [1.29, 1.82) is 0 Å². The van der Waals surface area contributed by atoms with E-state index in [0.29, 0.717) is 0 Å². The molecule has 28 heavy (non-hydrogen) atoms. The highest BCUT2D eigenvalue weighted by molar-refractivity contribution is 7.90. The van der Waals surface area contributed by atoms with Gasteiger partial charge in [-0.15, -0.1) is 0 Å². The summed E-state index contributed by atoms with van der Waals surface area (Å²) in [6, 6.07) is 7.31. The van der Waals surface area contributed by atoms with Crippen molar-refractivity contribution in [2.45, 2.75) is 41.6 Å². The Morgan fingerprint density at radius 2 is 1.64 bits per heavy atom. The first-order valence-corrected chi connectivity index (χ1v) is 11.5. The van der Waals surface area contributed by atoms with Gasteiger partial charge in [-0.25, -0.2) is 30.3 Å². The number of hydrogen-bond acceptors (Lipinski definition) is 4. The Morgan fingerprint density at radius 1 is 1.00 bits per heavy atom. The summed E-state index contributed by atoms with van der Waals surface area (Å²) < 4.78 is 80.8. The highest BCUT2D eigenvalue weighted by Gasteiger charge is 2.30. The zero-order valence-corrected chi connectivity index (χ0v) is 16.9. The molecule has 152 valence electrons. The van der Waals surface area contributed by atoms with E-state index in [2.05, 4.69) is 4.72 Å². The van der Waals surface area contributed by atoms with Crippen LogP contribution in [0.2, 0.25) is 0 Å². The van der Waals surface area contributed by atoms with Crippen LogP contribution < -0.4 is 4.72 Å². The zero-order chi connectivity index (χ0) is 20.7. The van der Waals surface area contributed by atoms with Crippen molar-refractivity contribution in [2.75, 3.05) is 7.05 Å². The van der Waals surface area contributed by atoms with Crippen LogP contribution in [0.3, 0.4) is 0 Å². The molecular formula is C18H20F2N2O4S2. The molecule has 1 unspecified atom stereocenters. The molecule has 2 aromatic carbocycles. The highest BCUT2D eigenvalue weighted by atomic mass is 32.2. The lowest BCUT2D eigenvalue weighted by Gasteiger charge is -2.25. The second-order valence-corrected chi connectivity index (χ2v) is 10.5. The molecule has 3 rings (SSSR count). The Labute approximate surface area is 163 Å². The number of halogens is 2. The monoisotopic (exact) mass is 430 g/mol. The molecular weight excluding hydrogens is 410 g/mol. The van der Waals surface area contributed by atoms with Crippen molar-refractivity contribution in [1.82, 2.24) is 9.03 Å². The SMILES string of the molecule is CC(c1ccc(F)c(F)c1)N(C)S(=O)(=O)c1cccc(S(=O)(=O)NC2CC2)c1. The fourth-order valence-corrected chi connectivity index (χ4v) is 5.47. The Morgan fingerprint density at radius 3 is 2.25 bits per heavy atom. The van der Waals surface area contributed by atoms with Crippen LogP contribution in [0.15, 0.2) is 52.3 Å². The van der Waals surface area contributed by atoms with E-state index in [-0.39, 0.29) is 21.4 Å². The quantitative estimate of drug-likeness (QED) is 0.732. The van der Waals surface area contributed by atoms with Crippen LogP contribution in [0, 0.1) is 11.6 Å². The van der Waals surface area contributed by atoms with E-state index >= 15 is 0 Å². The van der Waals surface area contributed by atoms with Crippen LogP contribution in [0.5, 0.6) is 0 Å². The van der Waals surface area contributed by atoms with E-state index in [4.69, 9.17) is 0 Å². The van der Waals surface area contributed by atoms with Gasteiger partial charge >= 0.3 is 0 Å². The number of hydrogen-bond donors (Lipinski definition) is 1. The topological polar surface area (TPSA) is 83.6 Å². The third kappa shape index (κ3) is 4.24. The standard InChI is InChI=1S/C18H20F2N2O4S2/c1-12(13-6-9-17(19)18(20)10-13)22(2)28(25,26)16-5-3-4-15(11-16)27(23,24)21-14-7-8-14/h3-6,9-12,14,21H,7-8H2,1-2H3. The average molecular weight is 430 g/mol. The minimum absolute atomic E-state index is 0.110. The summed E-state index contributed by atoms with van der Waals surface area (Å²) >= 11 is 0. The van der Waals surface area contributed by atoms with Crippen molar-refractivity contribution in [3.8, 4) is 0 Å². The number of benzene rings is 2. The maximum Gasteiger partial charge on any atom is 0.243 e. The van der Waals surface area contributed by atoms with Crippen LogP contribution in [0.25, 0.3) is 0 Å². The molecule has 0 amide bonds. The Hall–Kier alpha value is -1.88. The summed E-state index contributed by atoms with van der Waals surface area (Å²) in [5, 5.41) is 0. The summed E-state index contributed by atoms with van der Waals surface area (Å²) in [6.07, 6.45) is 1.51. The van der Waals surface area contributed by atoms with Crippen molar-refractivity contribution in [3.63, 3.8) is 0 Å². The van der Waals surface area contributed by atoms with Gasteiger partial charge in [-0.05, 0) is 55.7 Å². The van der Waals surface area contributed by atoms with Gasteiger partial charge in [0, 0.05) is 19.1 Å². The fourth-order valence-electron chi connectivity index (χ4n) is 2.65. The first-order valence-electron chi connectivity index (χ1n) is 8.58. The molecule has 0 bridgehead atoms. The molecule has 1 fully saturated rings. The van der Waals surface area contributed by atoms with Crippen LogP contribution in [0.4, 0.5) is 8.78 Å². The van der Waals surface area contributed by atoms with Gasteiger partial charge < -0.3 is 0 Å². The zero-order valence-electron chi connectivity index (χ0n) is 15.3. The Bertz CT molecular complexity index is 1100. The lowest BCUT2D eigenvalue weighted by Crippen LogP contribution is -2.30. The third-order valence-corrected chi connectivity index (χ3v) is 8.11. The van der Waals surface area contributed by atoms with Crippen LogP contribution >= 0.6 is 0 Å². The van der Waals surface area contributed by atoms with Crippen LogP contribution in [-0.2, 0) is 20.0 Å². The second-order valence-electron chi connectivity index (χ2n) is 6.74. The minimum Gasteiger partial charge on any atom is -0.208 e. The van der Waals surface area contributed by atoms with Gasteiger partial charge in [-0.2, -0.15) is 4.31 Å². The van der Waals surface area contributed by atoms with Crippen molar-refractivity contribution >= 4 is 20.0 Å². The van der Waals surface area contributed by atoms with Gasteiger partial charge in [-0.1, -0.05) is 12.1 Å². The predicted octanol–water partition coefficient (Wildman–Crippen LogP) is 2.79. The number of rotatable bonds is 7. The van der Waals surface area contributed by atoms with Crippen LogP contribution in [-0.4, -0.2) is 34.2 Å². The average Bonchev–Trinajstić information content (AvgIpc) is 3.46. The maximum absolute atomic E-state index is 13.5. The van der Waals surface area contributed by atoms with Gasteiger partial charge in [0.2, 0.25) is 20.0 Å². The normalized spacial score (nSPS) is 16.3. The predicted molar refractivity (Wildman–Crippen MR) is 99.5 cm³/mol. The molecule has 0 aliphatic heterocycles. The summed E-state index contributed by atoms with van der Waals surface area (Å²) in [4.78, 5) is -0.350. The molecule has 1 aliphatic rings. The lowest BCUT2D eigenvalue weighted by atomic mass is 10.1. The van der Waals surface area contributed by atoms with E-state index in [1.165, 1.54) is 38.2 Å². The second kappa shape index (κ2) is 7.51. The smallest absolute Gasteiger partial charge is 0.208 e. The van der Waals surface area contributed by atoms with E-state index in [9.17, 15) is 25.6 Å². The van der Waals surface area contributed by atoms with Crippen molar-refractivity contribution in [3.05, 3.63) is 59.7 Å². The maximum atomic E-state index is 13.5. The van der Waals surface area contributed by atoms with Crippen molar-refractivity contribution in [2.24, 2.45) is 0 Å². The molecule has 1 atom stereocenters. The summed E-state index contributed by atoms with van der Waals surface area (Å²) in [7, 11) is -6.60. The van der Waals surface area contributed by atoms with Gasteiger partial charge in [0.15, 0.2) is 11.6 Å². The van der Waals surface area contributed by atoms with E-state index in [1.807, 2.05) is 0 Å². The molecule has 2 aromatic rings. The highest BCUT2D eigenvalue weighted by Crippen LogP contribution is 2.28. The van der Waals surface area contributed by atoms with Crippen molar-refractivity contribution < 1.29 is 25.6 Å². The Kier molecular flexibility index (Phi) is 5.59. The molecule has 0 heterocycles. The first-order chi connectivity index (χ1) is 13.0. The van der Waals surface area contributed by atoms with Crippen LogP contribution in [0.1, 0.15) is 31.4 Å². The summed E-state index contributed by atoms with van der Waals surface area (Å²) in [6.45, 7) is 1.53. The molecule has 1 aliphatic carbocycles. The van der Waals surface area contributed by atoms with Gasteiger partial charge in [-0.3, -0.25) is 0 Å². The Balaban J connectivity index is 1.91. The van der Waals surface area contributed by atoms with E-state index in [1.54, 1.807) is 0 Å². The largest absolute Gasteiger partial charge is 0.243 e. The number of sulfonamides is 2. The summed E-state index contributed by atoms with van der Waals surface area (Å²) in [5.74, 6) is -2.10. The molecule has 1 N–H and O–H groups in total. The summed E-state index contributed by atoms with van der Waals surface area (Å²) in [5.41, 5.74) is 0.268. The van der Waals surface area contributed by atoms with E-state index < -0.39 is 37.7 Å². The first kappa shape index (κ1) is 20.8. The number of nitrogens with zero attached hydrogens (tertiary/aromatic N) is 1. The lowest BCUT2D eigenvalue weighted by molar-refractivity contribution is 0.395. The van der Waals surface area contributed by atoms with E-state index in [0.717, 1.165) is 35.3 Å². The fraction of sp³-hybridized carbons (Fsp3) is 0.333.